The quantitative estimate of drug-likeness (QED) is 0.702. The molecule has 7 heteroatoms. The Labute approximate surface area is 119 Å². The molecule has 0 saturated carbocycles. The van der Waals surface area contributed by atoms with Gasteiger partial charge in [0.15, 0.2) is 0 Å². The van der Waals surface area contributed by atoms with Crippen LogP contribution in [0.1, 0.15) is 27.7 Å². The maximum absolute atomic E-state index is 11.8. The minimum atomic E-state index is -0.620. The summed E-state index contributed by atoms with van der Waals surface area (Å²) in [5, 5.41) is 0. The van der Waals surface area contributed by atoms with Gasteiger partial charge in [0.05, 0.1) is 6.61 Å². The van der Waals surface area contributed by atoms with Gasteiger partial charge in [-0.15, -0.1) is 0 Å². The van der Waals surface area contributed by atoms with E-state index in [1.54, 1.807) is 27.7 Å². The molecule has 7 nitrogen and oxygen atoms in total. The van der Waals surface area contributed by atoms with Crippen LogP contribution in [-0.4, -0.2) is 67.2 Å². The molecule has 2 amide bonds. The number of hydrogen-bond acceptors (Lipinski definition) is 5. The van der Waals surface area contributed by atoms with Crippen LogP contribution in [0.25, 0.3) is 0 Å². The van der Waals surface area contributed by atoms with E-state index in [1.165, 1.54) is 19.0 Å². The van der Waals surface area contributed by atoms with E-state index in [9.17, 15) is 14.4 Å². The monoisotopic (exact) mass is 288 g/mol. The van der Waals surface area contributed by atoms with Crippen molar-refractivity contribution in [2.24, 2.45) is 0 Å². The van der Waals surface area contributed by atoms with Gasteiger partial charge in [-0.2, -0.15) is 0 Å². The number of likely N-dealkylation sites (N-methyl/N-ethyl adjacent to an activating group) is 2. The van der Waals surface area contributed by atoms with Crippen LogP contribution in [0.2, 0.25) is 0 Å². The van der Waals surface area contributed by atoms with Gasteiger partial charge >= 0.3 is 12.1 Å². The van der Waals surface area contributed by atoms with E-state index in [0.717, 1.165) is 4.90 Å². The van der Waals surface area contributed by atoms with E-state index in [1.807, 2.05) is 0 Å². The second kappa shape index (κ2) is 7.72. The first kappa shape index (κ1) is 18.2. The number of nitrogens with zero attached hydrogens (tertiary/aromatic N) is 2. The number of rotatable bonds is 5. The smallest absolute Gasteiger partial charge is 0.410 e. The van der Waals surface area contributed by atoms with Gasteiger partial charge in [-0.1, -0.05) is 0 Å². The summed E-state index contributed by atoms with van der Waals surface area (Å²) in [7, 11) is 2.94. The second-order valence-electron chi connectivity index (χ2n) is 5.39. The number of amides is 2. The highest BCUT2D eigenvalue weighted by molar-refractivity contribution is 5.85. The predicted molar refractivity (Wildman–Crippen MR) is 73.1 cm³/mol. The van der Waals surface area contributed by atoms with E-state index in [4.69, 9.17) is 9.47 Å². The third-order valence-corrected chi connectivity index (χ3v) is 2.17. The van der Waals surface area contributed by atoms with Crippen molar-refractivity contribution >= 4 is 18.0 Å². The van der Waals surface area contributed by atoms with Gasteiger partial charge < -0.3 is 19.3 Å². The van der Waals surface area contributed by atoms with Gasteiger partial charge in [-0.05, 0) is 27.7 Å². The average molecular weight is 288 g/mol. The van der Waals surface area contributed by atoms with E-state index in [-0.39, 0.29) is 25.6 Å². The zero-order valence-electron chi connectivity index (χ0n) is 13.1. The Hall–Kier alpha value is -1.79. The van der Waals surface area contributed by atoms with E-state index in [2.05, 4.69) is 0 Å². The van der Waals surface area contributed by atoms with Crippen molar-refractivity contribution in [3.63, 3.8) is 0 Å². The van der Waals surface area contributed by atoms with Crippen molar-refractivity contribution in [2.45, 2.75) is 33.3 Å². The number of esters is 1. The van der Waals surface area contributed by atoms with Crippen LogP contribution in [0, 0.1) is 0 Å². The molecule has 0 fully saturated rings. The van der Waals surface area contributed by atoms with E-state index < -0.39 is 17.7 Å². The topological polar surface area (TPSA) is 76.2 Å². The van der Waals surface area contributed by atoms with Crippen LogP contribution in [0.4, 0.5) is 4.79 Å². The first-order valence-electron chi connectivity index (χ1n) is 6.40. The van der Waals surface area contributed by atoms with Crippen LogP contribution in [0.3, 0.4) is 0 Å². The summed E-state index contributed by atoms with van der Waals surface area (Å²) < 4.78 is 9.87. The summed E-state index contributed by atoms with van der Waals surface area (Å²) >= 11 is 0. The molecule has 0 aliphatic carbocycles. The molecule has 0 bridgehead atoms. The fraction of sp³-hybridized carbons (Fsp3) is 0.769. The molecule has 0 saturated heterocycles. The summed E-state index contributed by atoms with van der Waals surface area (Å²) in [5.41, 5.74) is -0.620. The van der Waals surface area contributed by atoms with Crippen LogP contribution >= 0.6 is 0 Å². The Morgan fingerprint density at radius 3 is 2.00 bits per heavy atom. The molecule has 0 aliphatic heterocycles. The molecule has 0 aromatic carbocycles. The molecule has 0 N–H and O–H groups in total. The number of carbonyl (C=O) groups excluding carboxylic acids is 3. The largest absolute Gasteiger partial charge is 0.465 e. The summed E-state index contributed by atoms with van der Waals surface area (Å²) in [6, 6.07) is 0. The summed E-state index contributed by atoms with van der Waals surface area (Å²) in [6.45, 7) is 6.88. The lowest BCUT2D eigenvalue weighted by molar-refractivity contribution is -0.148. The van der Waals surface area contributed by atoms with Crippen LogP contribution in [-0.2, 0) is 19.1 Å². The van der Waals surface area contributed by atoms with Gasteiger partial charge in [0.25, 0.3) is 0 Å². The summed E-state index contributed by atoms with van der Waals surface area (Å²) in [4.78, 5) is 37.1. The summed E-state index contributed by atoms with van der Waals surface area (Å²) in [5.74, 6) is -0.852. The lowest BCUT2D eigenvalue weighted by Gasteiger charge is -2.25. The van der Waals surface area contributed by atoms with Crippen LogP contribution < -0.4 is 0 Å². The standard InChI is InChI=1S/C13H24N2O5/c1-7-19-11(17)9-14(5)10(16)8-15(6)12(18)20-13(2,3)4/h7-9H2,1-6H3. The first-order chi connectivity index (χ1) is 9.06. The Morgan fingerprint density at radius 2 is 1.55 bits per heavy atom. The zero-order chi connectivity index (χ0) is 15.9. The van der Waals surface area contributed by atoms with Crippen molar-refractivity contribution in [3.05, 3.63) is 0 Å². The van der Waals surface area contributed by atoms with Crippen molar-refractivity contribution in [3.8, 4) is 0 Å². The highest BCUT2D eigenvalue weighted by Gasteiger charge is 2.23. The lowest BCUT2D eigenvalue weighted by atomic mass is 10.2. The third-order valence-electron chi connectivity index (χ3n) is 2.17. The van der Waals surface area contributed by atoms with Gasteiger partial charge in [0.1, 0.15) is 18.7 Å². The van der Waals surface area contributed by atoms with E-state index >= 15 is 0 Å². The molecule has 0 aromatic rings. The third kappa shape index (κ3) is 7.60. The van der Waals surface area contributed by atoms with Gasteiger partial charge in [-0.3, -0.25) is 9.59 Å². The van der Waals surface area contributed by atoms with Crippen LogP contribution in [0.15, 0.2) is 0 Å². The maximum Gasteiger partial charge on any atom is 0.410 e. The Bertz CT molecular complexity index is 362. The number of ether oxygens (including phenoxy) is 2. The second-order valence-corrected chi connectivity index (χ2v) is 5.39. The maximum atomic E-state index is 11.8. The van der Waals surface area contributed by atoms with Crippen molar-refractivity contribution < 1.29 is 23.9 Å². The normalized spacial score (nSPS) is 10.7. The average Bonchev–Trinajstić information content (AvgIpc) is 2.26. The summed E-state index contributed by atoms with van der Waals surface area (Å²) in [6.07, 6.45) is -0.588. The molecule has 0 aliphatic rings. The highest BCUT2D eigenvalue weighted by Crippen LogP contribution is 2.09. The first-order valence-corrected chi connectivity index (χ1v) is 6.40. The molecule has 0 aromatic heterocycles. The van der Waals surface area contributed by atoms with Crippen LogP contribution in [0.5, 0.6) is 0 Å². The minimum Gasteiger partial charge on any atom is -0.465 e. The lowest BCUT2D eigenvalue weighted by Crippen LogP contribution is -2.43. The molecular weight excluding hydrogens is 264 g/mol. The molecule has 0 unspecified atom stereocenters. The zero-order valence-corrected chi connectivity index (χ0v) is 13.1. The molecular formula is C13H24N2O5. The molecule has 20 heavy (non-hydrogen) atoms. The highest BCUT2D eigenvalue weighted by atomic mass is 16.6. The van der Waals surface area contributed by atoms with Crippen molar-refractivity contribution in [2.75, 3.05) is 33.8 Å². The van der Waals surface area contributed by atoms with Gasteiger partial charge in [0, 0.05) is 14.1 Å². The molecule has 0 heterocycles. The predicted octanol–water partition coefficient (Wildman–Crippen LogP) is 0.875. The number of carbonyl (C=O) groups is 3. The van der Waals surface area contributed by atoms with Gasteiger partial charge in [0.2, 0.25) is 5.91 Å². The van der Waals surface area contributed by atoms with Crippen molar-refractivity contribution in [1.82, 2.24) is 9.80 Å². The number of hydrogen-bond donors (Lipinski definition) is 0. The fourth-order valence-corrected chi connectivity index (χ4v) is 1.22. The molecule has 0 atom stereocenters. The Morgan fingerprint density at radius 1 is 1.00 bits per heavy atom. The molecule has 116 valence electrons. The fourth-order valence-electron chi connectivity index (χ4n) is 1.22. The SMILES string of the molecule is CCOC(=O)CN(C)C(=O)CN(C)C(=O)OC(C)(C)C. The Kier molecular flexibility index (Phi) is 7.02. The molecule has 0 rings (SSSR count). The molecule has 0 radical (unpaired) electrons. The minimum absolute atomic E-state index is 0.144. The van der Waals surface area contributed by atoms with Crippen molar-refractivity contribution in [1.29, 1.82) is 0 Å². The molecule has 0 spiro atoms. The van der Waals surface area contributed by atoms with E-state index in [0.29, 0.717) is 0 Å². The van der Waals surface area contributed by atoms with Gasteiger partial charge in [-0.25, -0.2) is 4.79 Å². The Balaban J connectivity index is 4.31.